The second-order valence-corrected chi connectivity index (χ2v) is 9.84. The van der Waals surface area contributed by atoms with Crippen LogP contribution in [0.15, 0.2) is 67.3 Å². The summed E-state index contributed by atoms with van der Waals surface area (Å²) in [5.74, 6) is 1.52. The lowest BCUT2D eigenvalue weighted by molar-refractivity contribution is -0.148. The van der Waals surface area contributed by atoms with Gasteiger partial charge in [0.1, 0.15) is 11.5 Å². The van der Waals surface area contributed by atoms with Crippen molar-refractivity contribution in [2.24, 2.45) is 0 Å². The summed E-state index contributed by atoms with van der Waals surface area (Å²) < 4.78 is 17.3. The number of carbonyl (C=O) groups is 1. The maximum atomic E-state index is 12.9. The summed E-state index contributed by atoms with van der Waals surface area (Å²) in [4.78, 5) is 15.3. The number of nitrogens with zero attached hydrogens (tertiary/aromatic N) is 1. The minimum atomic E-state index is -0.349. The molecule has 1 aliphatic heterocycles. The first-order chi connectivity index (χ1) is 17.5. The molecule has 0 unspecified atom stereocenters. The quantitative estimate of drug-likeness (QED) is 0.411. The minimum Gasteiger partial charge on any atom is -0.497 e. The maximum Gasteiger partial charge on any atom is 0.244 e. The van der Waals surface area contributed by atoms with Gasteiger partial charge in [-0.1, -0.05) is 30.3 Å². The first-order valence-electron chi connectivity index (χ1n) is 12.6. The Hall–Kier alpha value is -3.09. The van der Waals surface area contributed by atoms with Crippen LogP contribution >= 0.6 is 0 Å². The normalized spacial score (nSPS) is 26.2. The van der Waals surface area contributed by atoms with Gasteiger partial charge in [-0.2, -0.15) is 0 Å². The van der Waals surface area contributed by atoms with Crippen molar-refractivity contribution in [3.05, 3.63) is 78.4 Å². The van der Waals surface area contributed by atoms with Crippen LogP contribution in [0.25, 0.3) is 6.08 Å². The van der Waals surface area contributed by atoms with E-state index in [1.165, 1.54) is 5.56 Å². The van der Waals surface area contributed by atoms with Crippen LogP contribution in [0.5, 0.6) is 11.5 Å². The molecule has 1 N–H and O–H groups in total. The van der Waals surface area contributed by atoms with Gasteiger partial charge >= 0.3 is 0 Å². The molecule has 0 aromatic heterocycles. The van der Waals surface area contributed by atoms with Crippen molar-refractivity contribution < 1.29 is 19.0 Å². The zero-order valence-electron chi connectivity index (χ0n) is 21.7. The number of ether oxygens (including phenoxy) is 3. The summed E-state index contributed by atoms with van der Waals surface area (Å²) in [6.45, 7) is 6.57. The molecule has 2 aromatic rings. The molecule has 0 bridgehead atoms. The van der Waals surface area contributed by atoms with Gasteiger partial charge in [0, 0.05) is 37.7 Å². The number of carbonyl (C=O) groups excluding carboxylic acids is 1. The number of benzene rings is 2. The molecule has 2 fully saturated rings. The van der Waals surface area contributed by atoms with E-state index in [2.05, 4.69) is 35.0 Å². The highest BCUT2D eigenvalue weighted by molar-refractivity contribution is 5.92. The molecular weight excluding hydrogens is 452 g/mol. The number of piperidine rings is 1. The standard InChI is InChI=1S/C30H38N2O4/c1-5-17-32-18-16-29(24-9-7-11-27(20-24)35-3)21-25(14-15-30(29,22-32)36-4)31-28(33)13-12-23-8-6-10-26(19-23)34-2/h5-13,19-20,25H,1,14-18,21-22H2,2-4H3,(H,31,33)/t25-,29-,30-/m0/s1. The SMILES string of the molecule is C=CCN1CC[C@@]2(c3cccc(OC)c3)C[C@@H](NC(=O)C=Cc3cccc(OC)c3)CC[C@]2(OC)C1. The smallest absolute Gasteiger partial charge is 0.244 e. The average molecular weight is 491 g/mol. The number of rotatable bonds is 9. The Balaban J connectivity index is 1.58. The molecule has 1 saturated heterocycles. The molecule has 192 valence electrons. The highest BCUT2D eigenvalue weighted by atomic mass is 16.5. The zero-order chi connectivity index (χ0) is 25.6. The second kappa shape index (κ2) is 11.3. The summed E-state index contributed by atoms with van der Waals surface area (Å²) in [5.41, 5.74) is 1.56. The first kappa shape index (κ1) is 26.0. The van der Waals surface area contributed by atoms with Crippen LogP contribution in [0, 0.1) is 0 Å². The molecule has 2 aliphatic rings. The monoisotopic (exact) mass is 490 g/mol. The van der Waals surface area contributed by atoms with Crippen LogP contribution in [-0.4, -0.2) is 63.4 Å². The number of likely N-dealkylation sites (tertiary alicyclic amines) is 1. The predicted molar refractivity (Wildman–Crippen MR) is 143 cm³/mol. The zero-order valence-corrected chi connectivity index (χ0v) is 21.7. The number of methoxy groups -OCH3 is 3. The number of fused-ring (bicyclic) bond motifs is 1. The number of nitrogens with one attached hydrogen (secondary N) is 1. The van der Waals surface area contributed by atoms with Crippen LogP contribution in [0.2, 0.25) is 0 Å². The fourth-order valence-corrected chi connectivity index (χ4v) is 6.14. The Kier molecular flexibility index (Phi) is 8.17. The third-order valence-corrected chi connectivity index (χ3v) is 7.97. The molecule has 6 nitrogen and oxygen atoms in total. The van der Waals surface area contributed by atoms with Crippen LogP contribution < -0.4 is 14.8 Å². The summed E-state index contributed by atoms with van der Waals surface area (Å²) in [6, 6.07) is 16.1. The molecule has 4 rings (SSSR count). The van der Waals surface area contributed by atoms with Gasteiger partial charge in [0.25, 0.3) is 0 Å². The van der Waals surface area contributed by atoms with Crippen molar-refractivity contribution in [3.63, 3.8) is 0 Å². The first-order valence-corrected chi connectivity index (χ1v) is 12.6. The van der Waals surface area contributed by atoms with Gasteiger partial charge in [-0.15, -0.1) is 6.58 Å². The molecule has 0 radical (unpaired) electrons. The molecule has 1 aliphatic carbocycles. The van der Waals surface area contributed by atoms with Crippen LogP contribution in [0.1, 0.15) is 36.8 Å². The van der Waals surface area contributed by atoms with E-state index in [0.29, 0.717) is 0 Å². The highest BCUT2D eigenvalue weighted by Gasteiger charge is 2.58. The Morgan fingerprint density at radius 1 is 1.11 bits per heavy atom. The van der Waals surface area contributed by atoms with Gasteiger partial charge in [0.05, 0.1) is 19.8 Å². The summed E-state index contributed by atoms with van der Waals surface area (Å²) >= 11 is 0. The van der Waals surface area contributed by atoms with E-state index < -0.39 is 0 Å². The minimum absolute atomic E-state index is 0.0490. The Bertz CT molecular complexity index is 1100. The van der Waals surface area contributed by atoms with E-state index in [0.717, 1.165) is 62.4 Å². The van der Waals surface area contributed by atoms with E-state index in [4.69, 9.17) is 14.2 Å². The summed E-state index contributed by atoms with van der Waals surface area (Å²) in [5, 5.41) is 3.28. The Morgan fingerprint density at radius 3 is 2.58 bits per heavy atom. The van der Waals surface area contributed by atoms with Crippen LogP contribution in [0.3, 0.4) is 0 Å². The van der Waals surface area contributed by atoms with Crippen LogP contribution in [0.4, 0.5) is 0 Å². The van der Waals surface area contributed by atoms with Crippen molar-refractivity contribution in [2.75, 3.05) is 41.0 Å². The second-order valence-electron chi connectivity index (χ2n) is 9.84. The lowest BCUT2D eigenvalue weighted by Gasteiger charge is -2.59. The van der Waals surface area contributed by atoms with E-state index in [1.807, 2.05) is 49.6 Å². The van der Waals surface area contributed by atoms with E-state index in [-0.39, 0.29) is 23.0 Å². The third kappa shape index (κ3) is 5.20. The molecule has 1 heterocycles. The molecule has 2 aromatic carbocycles. The number of hydrogen-bond acceptors (Lipinski definition) is 5. The van der Waals surface area contributed by atoms with E-state index in [1.54, 1.807) is 20.3 Å². The third-order valence-electron chi connectivity index (χ3n) is 7.97. The molecular formula is C30H38N2O4. The van der Waals surface area contributed by atoms with Crippen molar-refractivity contribution >= 4 is 12.0 Å². The number of amides is 1. The molecule has 3 atom stereocenters. The molecule has 1 amide bonds. The van der Waals surface area contributed by atoms with Gasteiger partial charge in [-0.3, -0.25) is 9.69 Å². The van der Waals surface area contributed by atoms with Crippen molar-refractivity contribution in [3.8, 4) is 11.5 Å². The van der Waals surface area contributed by atoms with Gasteiger partial charge in [0.2, 0.25) is 5.91 Å². The van der Waals surface area contributed by atoms with Crippen molar-refractivity contribution in [2.45, 2.75) is 42.7 Å². The summed E-state index contributed by atoms with van der Waals surface area (Å²) in [6.07, 6.45) is 8.87. The fraction of sp³-hybridized carbons (Fsp3) is 0.433. The van der Waals surface area contributed by atoms with Gasteiger partial charge in [-0.05, 0) is 73.7 Å². The maximum absolute atomic E-state index is 12.9. The largest absolute Gasteiger partial charge is 0.497 e. The topological polar surface area (TPSA) is 60.0 Å². The average Bonchev–Trinajstić information content (AvgIpc) is 2.92. The van der Waals surface area contributed by atoms with E-state index >= 15 is 0 Å². The Morgan fingerprint density at radius 2 is 1.86 bits per heavy atom. The lowest BCUT2D eigenvalue weighted by Crippen LogP contribution is -2.67. The number of hydrogen-bond donors (Lipinski definition) is 1. The van der Waals surface area contributed by atoms with Gasteiger partial charge in [-0.25, -0.2) is 0 Å². The van der Waals surface area contributed by atoms with E-state index in [9.17, 15) is 4.79 Å². The van der Waals surface area contributed by atoms with Crippen LogP contribution in [-0.2, 0) is 14.9 Å². The van der Waals surface area contributed by atoms with Crippen molar-refractivity contribution in [1.29, 1.82) is 0 Å². The highest BCUT2D eigenvalue weighted by Crippen LogP contribution is 2.53. The molecule has 0 spiro atoms. The van der Waals surface area contributed by atoms with Gasteiger partial charge in [0.15, 0.2) is 0 Å². The summed E-state index contributed by atoms with van der Waals surface area (Å²) in [7, 11) is 5.17. The molecule has 1 saturated carbocycles. The van der Waals surface area contributed by atoms with Crippen molar-refractivity contribution in [1.82, 2.24) is 10.2 Å². The lowest BCUT2D eigenvalue weighted by atomic mass is 9.55. The Labute approximate surface area is 214 Å². The fourth-order valence-electron chi connectivity index (χ4n) is 6.14. The molecule has 36 heavy (non-hydrogen) atoms. The predicted octanol–water partition coefficient (Wildman–Crippen LogP) is 4.60. The van der Waals surface area contributed by atoms with Gasteiger partial charge < -0.3 is 19.5 Å². The molecule has 6 heteroatoms.